The molecule has 0 unspecified atom stereocenters. The van der Waals surface area contributed by atoms with Crippen LogP contribution in [-0.2, 0) is 7.05 Å². The van der Waals surface area contributed by atoms with Crippen LogP contribution in [-0.4, -0.2) is 57.6 Å². The highest BCUT2D eigenvalue weighted by molar-refractivity contribution is 9.10. The molecular weight excluding hydrogens is 526 g/mol. The highest BCUT2D eigenvalue weighted by Crippen LogP contribution is 2.28. The van der Waals surface area contributed by atoms with Crippen LogP contribution in [0, 0.1) is 0 Å². The summed E-state index contributed by atoms with van der Waals surface area (Å²) in [6.07, 6.45) is 1.53. The third-order valence-electron chi connectivity index (χ3n) is 5.76. The molecule has 3 N–H and O–H groups in total. The van der Waals surface area contributed by atoms with Crippen LogP contribution >= 0.6 is 15.9 Å². The van der Waals surface area contributed by atoms with Gasteiger partial charge in [-0.15, -0.1) is 0 Å². The van der Waals surface area contributed by atoms with Gasteiger partial charge in [0.05, 0.1) is 11.0 Å². The number of amides is 3. The Bertz CT molecular complexity index is 1420. The summed E-state index contributed by atoms with van der Waals surface area (Å²) in [5.41, 5.74) is 2.88. The maximum Gasteiger partial charge on any atom is 0.317 e. The van der Waals surface area contributed by atoms with Crippen LogP contribution < -0.4 is 20.7 Å². The molecule has 0 spiro atoms. The van der Waals surface area contributed by atoms with Gasteiger partial charge in [0.25, 0.3) is 5.91 Å². The fourth-order valence-corrected chi connectivity index (χ4v) is 4.14. The molecule has 0 saturated carbocycles. The van der Waals surface area contributed by atoms with E-state index in [0.29, 0.717) is 43.6 Å². The lowest BCUT2D eigenvalue weighted by molar-refractivity contribution is 0.0945. The molecule has 36 heavy (non-hydrogen) atoms. The first-order valence-electron chi connectivity index (χ1n) is 11.4. The Morgan fingerprint density at radius 3 is 2.72 bits per heavy atom. The summed E-state index contributed by atoms with van der Waals surface area (Å²) < 4.78 is 8.98. The summed E-state index contributed by atoms with van der Waals surface area (Å²) in [5, 5.41) is 8.85. The molecule has 10 nitrogen and oxygen atoms in total. The van der Waals surface area contributed by atoms with Gasteiger partial charge in [-0.3, -0.25) is 9.78 Å². The van der Waals surface area contributed by atoms with E-state index < -0.39 is 0 Å². The summed E-state index contributed by atoms with van der Waals surface area (Å²) in [6, 6.07) is 16.7. The number of nitrogens with zero attached hydrogens (tertiary/aromatic N) is 4. The number of benzene rings is 2. The summed E-state index contributed by atoms with van der Waals surface area (Å²) in [7, 11) is 1.95. The average molecular weight is 550 g/mol. The number of urea groups is 1. The summed E-state index contributed by atoms with van der Waals surface area (Å²) in [6.45, 7) is 2.04. The molecular formula is C25H24BrN7O3. The number of carbonyl (C=O) groups excluding carboxylic acids is 2. The van der Waals surface area contributed by atoms with Gasteiger partial charge in [0, 0.05) is 61.7 Å². The predicted octanol–water partition coefficient (Wildman–Crippen LogP) is 4.02. The third-order valence-corrected chi connectivity index (χ3v) is 6.29. The number of rotatable bonds is 8. The lowest BCUT2D eigenvalue weighted by Crippen LogP contribution is -2.37. The molecule has 1 saturated heterocycles. The van der Waals surface area contributed by atoms with Crippen LogP contribution in [0.4, 0.5) is 16.4 Å². The van der Waals surface area contributed by atoms with Crippen molar-refractivity contribution in [1.29, 1.82) is 0 Å². The number of carbonyl (C=O) groups is 2. The molecule has 3 amide bonds. The predicted molar refractivity (Wildman–Crippen MR) is 140 cm³/mol. The van der Waals surface area contributed by atoms with E-state index in [2.05, 4.69) is 36.9 Å². The number of imidazole rings is 1. The van der Waals surface area contributed by atoms with Gasteiger partial charge in [-0.1, -0.05) is 15.9 Å². The first kappa shape index (κ1) is 23.6. The van der Waals surface area contributed by atoms with Gasteiger partial charge in [0.2, 0.25) is 5.95 Å². The second-order valence-electron chi connectivity index (χ2n) is 8.23. The lowest BCUT2D eigenvalue weighted by Gasteiger charge is -2.14. The fourth-order valence-electron chi connectivity index (χ4n) is 3.87. The Kier molecular flexibility index (Phi) is 6.72. The Balaban J connectivity index is 1.25. The van der Waals surface area contributed by atoms with Crippen LogP contribution in [0.3, 0.4) is 0 Å². The number of ether oxygens (including phenoxy) is 1. The van der Waals surface area contributed by atoms with E-state index in [-0.39, 0.29) is 17.6 Å². The monoisotopic (exact) mass is 549 g/mol. The number of aryl methyl sites for hydroxylation is 1. The smallest absolute Gasteiger partial charge is 0.317 e. The largest absolute Gasteiger partial charge is 0.457 e. The quantitative estimate of drug-likeness (QED) is 0.306. The second kappa shape index (κ2) is 10.2. The minimum Gasteiger partial charge on any atom is -0.457 e. The standard InChI is InChI=1S/C25H24BrN7O3/c1-32-22-7-6-18(14-20(22)31-24(32)30-17-4-2-16(26)3-5-17)36-19-8-9-27-21(15-19)23(34)28-10-12-33-13-11-29-25(33)35/h2-9,14-15H,10-13H2,1H3,(H,28,34)(H,29,35)(H,30,31). The van der Waals surface area contributed by atoms with E-state index in [0.717, 1.165) is 21.2 Å². The molecule has 0 bridgehead atoms. The SMILES string of the molecule is Cn1c(Nc2ccc(Br)cc2)nc2cc(Oc3ccnc(C(=O)NCCN4CCNC4=O)c3)ccc21. The Morgan fingerprint density at radius 1 is 1.14 bits per heavy atom. The Hall–Kier alpha value is -4.12. The first-order valence-corrected chi connectivity index (χ1v) is 12.2. The molecule has 2 aromatic heterocycles. The number of anilines is 2. The van der Waals surface area contributed by atoms with Crippen molar-refractivity contribution in [3.05, 3.63) is 71.0 Å². The number of aromatic nitrogens is 3. The van der Waals surface area contributed by atoms with Gasteiger partial charge < -0.3 is 30.2 Å². The van der Waals surface area contributed by atoms with Crippen molar-refractivity contribution in [2.24, 2.45) is 7.05 Å². The van der Waals surface area contributed by atoms with E-state index in [9.17, 15) is 9.59 Å². The maximum absolute atomic E-state index is 12.5. The minimum absolute atomic E-state index is 0.112. The van der Waals surface area contributed by atoms with E-state index in [1.807, 2.05) is 54.1 Å². The summed E-state index contributed by atoms with van der Waals surface area (Å²) in [4.78, 5) is 34.6. The Morgan fingerprint density at radius 2 is 1.94 bits per heavy atom. The van der Waals surface area contributed by atoms with E-state index >= 15 is 0 Å². The van der Waals surface area contributed by atoms with Crippen LogP contribution in [0.15, 0.2) is 65.3 Å². The van der Waals surface area contributed by atoms with Crippen molar-refractivity contribution in [2.75, 3.05) is 31.5 Å². The molecule has 3 heterocycles. The number of pyridine rings is 1. The second-order valence-corrected chi connectivity index (χ2v) is 9.15. The van der Waals surface area contributed by atoms with Crippen LogP contribution in [0.25, 0.3) is 11.0 Å². The summed E-state index contributed by atoms with van der Waals surface area (Å²) in [5.74, 6) is 1.45. The van der Waals surface area contributed by atoms with Crippen molar-refractivity contribution in [3.8, 4) is 11.5 Å². The molecule has 184 valence electrons. The van der Waals surface area contributed by atoms with Crippen molar-refractivity contribution < 1.29 is 14.3 Å². The zero-order valence-corrected chi connectivity index (χ0v) is 21.1. The molecule has 0 atom stereocenters. The van der Waals surface area contributed by atoms with Gasteiger partial charge in [0.1, 0.15) is 17.2 Å². The molecule has 5 rings (SSSR count). The van der Waals surface area contributed by atoms with E-state index in [1.54, 1.807) is 17.0 Å². The molecule has 0 radical (unpaired) electrons. The third kappa shape index (κ3) is 5.25. The van der Waals surface area contributed by atoms with Gasteiger partial charge in [-0.25, -0.2) is 9.78 Å². The molecule has 1 fully saturated rings. The van der Waals surface area contributed by atoms with Crippen molar-refractivity contribution in [3.63, 3.8) is 0 Å². The average Bonchev–Trinajstić information content (AvgIpc) is 3.42. The number of fused-ring (bicyclic) bond motifs is 1. The highest BCUT2D eigenvalue weighted by Gasteiger charge is 2.19. The Labute approximate surface area is 215 Å². The zero-order valence-electron chi connectivity index (χ0n) is 19.5. The lowest BCUT2D eigenvalue weighted by atomic mass is 10.3. The van der Waals surface area contributed by atoms with E-state index in [4.69, 9.17) is 9.72 Å². The summed E-state index contributed by atoms with van der Waals surface area (Å²) >= 11 is 3.44. The zero-order chi connectivity index (χ0) is 25.1. The van der Waals surface area contributed by atoms with Crippen molar-refractivity contribution >= 4 is 50.5 Å². The molecule has 4 aromatic rings. The van der Waals surface area contributed by atoms with Gasteiger partial charge in [-0.2, -0.15) is 0 Å². The van der Waals surface area contributed by atoms with Gasteiger partial charge in [-0.05, 0) is 42.5 Å². The van der Waals surface area contributed by atoms with E-state index in [1.165, 1.54) is 6.20 Å². The van der Waals surface area contributed by atoms with Crippen LogP contribution in [0.5, 0.6) is 11.5 Å². The highest BCUT2D eigenvalue weighted by atomic mass is 79.9. The number of hydrogen-bond acceptors (Lipinski definition) is 6. The molecule has 1 aliphatic heterocycles. The molecule has 1 aliphatic rings. The number of hydrogen-bond donors (Lipinski definition) is 3. The number of halogens is 1. The molecule has 0 aliphatic carbocycles. The van der Waals surface area contributed by atoms with Gasteiger partial charge in [0.15, 0.2) is 0 Å². The van der Waals surface area contributed by atoms with Gasteiger partial charge >= 0.3 is 6.03 Å². The molecule has 2 aromatic carbocycles. The minimum atomic E-state index is -0.330. The topological polar surface area (TPSA) is 113 Å². The maximum atomic E-state index is 12.5. The molecule has 11 heteroatoms. The van der Waals surface area contributed by atoms with Crippen LogP contribution in [0.2, 0.25) is 0 Å². The number of nitrogens with one attached hydrogen (secondary N) is 3. The fraction of sp³-hybridized carbons (Fsp3) is 0.200. The van der Waals surface area contributed by atoms with Crippen molar-refractivity contribution in [1.82, 2.24) is 30.1 Å². The van der Waals surface area contributed by atoms with Crippen molar-refractivity contribution in [2.45, 2.75) is 0 Å². The van der Waals surface area contributed by atoms with Crippen LogP contribution in [0.1, 0.15) is 10.5 Å². The normalized spacial score (nSPS) is 13.1. The first-order chi connectivity index (χ1) is 17.5.